The number of hydrogen-bond donors (Lipinski definition) is 0. The van der Waals surface area contributed by atoms with E-state index in [1.807, 2.05) is 18.0 Å². The summed E-state index contributed by atoms with van der Waals surface area (Å²) in [5.74, 6) is 0.883. The van der Waals surface area contributed by atoms with Crippen molar-refractivity contribution < 1.29 is 13.9 Å². The molecule has 106 valence electrons. The van der Waals surface area contributed by atoms with Gasteiger partial charge in [0.25, 0.3) is 5.91 Å². The summed E-state index contributed by atoms with van der Waals surface area (Å²) >= 11 is 0. The Morgan fingerprint density at radius 1 is 1.55 bits per heavy atom. The second-order valence-electron chi connectivity index (χ2n) is 4.88. The number of amides is 1. The van der Waals surface area contributed by atoms with Gasteiger partial charge in [-0.25, -0.2) is 4.98 Å². The molecule has 0 aromatic carbocycles. The molecule has 0 bridgehead atoms. The zero-order valence-electron chi connectivity index (χ0n) is 11.6. The van der Waals surface area contributed by atoms with Crippen molar-refractivity contribution in [2.45, 2.75) is 26.1 Å². The summed E-state index contributed by atoms with van der Waals surface area (Å²) in [7, 11) is 1.67. The fraction of sp³-hybridized carbons (Fsp3) is 0.429. The van der Waals surface area contributed by atoms with E-state index in [0.29, 0.717) is 18.7 Å². The van der Waals surface area contributed by atoms with Gasteiger partial charge in [-0.1, -0.05) is 0 Å². The Kier molecular flexibility index (Phi) is 3.31. The molecule has 0 fully saturated rings. The lowest BCUT2D eigenvalue weighted by Crippen LogP contribution is -2.41. The Morgan fingerprint density at radius 3 is 3.10 bits per heavy atom. The van der Waals surface area contributed by atoms with E-state index in [0.717, 1.165) is 18.1 Å². The molecule has 0 N–H and O–H groups in total. The lowest BCUT2D eigenvalue weighted by atomic mass is 10.1. The van der Waals surface area contributed by atoms with Gasteiger partial charge >= 0.3 is 0 Å². The maximum absolute atomic E-state index is 12.4. The van der Waals surface area contributed by atoms with Crippen LogP contribution in [0.5, 0.6) is 0 Å². The van der Waals surface area contributed by atoms with Crippen molar-refractivity contribution >= 4 is 5.91 Å². The third-order valence-electron chi connectivity index (χ3n) is 3.70. The number of imidazole rings is 1. The number of ether oxygens (including phenoxy) is 1. The van der Waals surface area contributed by atoms with Crippen molar-refractivity contribution in [3.05, 3.63) is 41.9 Å². The van der Waals surface area contributed by atoms with E-state index in [2.05, 4.69) is 9.55 Å². The largest absolute Gasteiger partial charge is 0.472 e. The highest BCUT2D eigenvalue weighted by Gasteiger charge is 2.31. The number of rotatable bonds is 3. The number of nitrogens with zero attached hydrogens (tertiary/aromatic N) is 3. The molecule has 0 unspecified atom stereocenters. The maximum Gasteiger partial charge on any atom is 0.257 e. The molecule has 1 aliphatic rings. The minimum atomic E-state index is -0.0586. The standard InChI is InChI=1S/C14H17N3O3/c1-10-13-15-7-12(9-19-2)17(13)5-4-16(10)14(18)11-3-6-20-8-11/h3,6-8,10H,4-5,9H2,1-2H3/t10-/m0/s1. The second kappa shape index (κ2) is 5.13. The Labute approximate surface area is 117 Å². The minimum absolute atomic E-state index is 0.0196. The van der Waals surface area contributed by atoms with Crippen LogP contribution in [0.3, 0.4) is 0 Å². The molecule has 3 heterocycles. The second-order valence-corrected chi connectivity index (χ2v) is 4.88. The number of hydrogen-bond acceptors (Lipinski definition) is 4. The summed E-state index contributed by atoms with van der Waals surface area (Å²) in [4.78, 5) is 18.7. The summed E-state index contributed by atoms with van der Waals surface area (Å²) in [6.07, 6.45) is 4.81. The molecule has 20 heavy (non-hydrogen) atoms. The Morgan fingerprint density at radius 2 is 2.40 bits per heavy atom. The molecular formula is C14H17N3O3. The first-order valence-corrected chi connectivity index (χ1v) is 6.58. The van der Waals surface area contributed by atoms with E-state index in [1.54, 1.807) is 13.2 Å². The molecule has 1 aliphatic heterocycles. The van der Waals surface area contributed by atoms with Crippen LogP contribution in [-0.4, -0.2) is 34.0 Å². The van der Waals surface area contributed by atoms with Crippen molar-refractivity contribution in [1.29, 1.82) is 0 Å². The Balaban J connectivity index is 1.86. The van der Waals surface area contributed by atoms with Gasteiger partial charge in [0.1, 0.15) is 12.1 Å². The predicted molar refractivity (Wildman–Crippen MR) is 71.1 cm³/mol. The fourth-order valence-corrected chi connectivity index (χ4v) is 2.65. The third kappa shape index (κ3) is 2.02. The Bertz CT molecular complexity index is 603. The van der Waals surface area contributed by atoms with Crippen LogP contribution in [0, 0.1) is 0 Å². The SMILES string of the molecule is COCc1cnc2n1CCN(C(=O)c1ccoc1)[C@H]2C. The molecular weight excluding hydrogens is 258 g/mol. The van der Waals surface area contributed by atoms with Gasteiger partial charge in [0.2, 0.25) is 0 Å². The lowest BCUT2D eigenvalue weighted by molar-refractivity contribution is 0.0632. The van der Waals surface area contributed by atoms with E-state index in [4.69, 9.17) is 9.15 Å². The van der Waals surface area contributed by atoms with Gasteiger partial charge in [0.05, 0.1) is 36.4 Å². The van der Waals surface area contributed by atoms with Gasteiger partial charge < -0.3 is 18.6 Å². The van der Waals surface area contributed by atoms with E-state index in [1.165, 1.54) is 12.5 Å². The molecule has 2 aromatic heterocycles. The maximum atomic E-state index is 12.4. The highest BCUT2D eigenvalue weighted by Crippen LogP contribution is 2.27. The van der Waals surface area contributed by atoms with Crippen LogP contribution in [0.15, 0.2) is 29.2 Å². The van der Waals surface area contributed by atoms with Crippen LogP contribution in [0.1, 0.15) is 34.8 Å². The van der Waals surface area contributed by atoms with Gasteiger partial charge in [-0.05, 0) is 13.0 Å². The zero-order chi connectivity index (χ0) is 14.1. The highest BCUT2D eigenvalue weighted by atomic mass is 16.5. The van der Waals surface area contributed by atoms with Crippen LogP contribution >= 0.6 is 0 Å². The first-order valence-electron chi connectivity index (χ1n) is 6.58. The summed E-state index contributed by atoms with van der Waals surface area (Å²) in [5.41, 5.74) is 1.62. The number of aromatic nitrogens is 2. The summed E-state index contributed by atoms with van der Waals surface area (Å²) < 4.78 is 12.3. The van der Waals surface area contributed by atoms with Gasteiger partial charge in [0.15, 0.2) is 0 Å². The molecule has 6 heteroatoms. The molecule has 1 atom stereocenters. The molecule has 3 rings (SSSR count). The highest BCUT2D eigenvalue weighted by molar-refractivity contribution is 5.94. The van der Waals surface area contributed by atoms with Gasteiger partial charge in [0, 0.05) is 20.2 Å². The van der Waals surface area contributed by atoms with E-state index >= 15 is 0 Å². The Hall–Kier alpha value is -2.08. The van der Waals surface area contributed by atoms with Crippen LogP contribution in [-0.2, 0) is 17.9 Å². The summed E-state index contributed by atoms with van der Waals surface area (Å²) in [6, 6.07) is 1.63. The van der Waals surface area contributed by atoms with Crippen molar-refractivity contribution in [2.24, 2.45) is 0 Å². The molecule has 0 saturated heterocycles. The average molecular weight is 275 g/mol. The normalized spacial score (nSPS) is 18.1. The smallest absolute Gasteiger partial charge is 0.257 e. The number of carbonyl (C=O) groups excluding carboxylic acids is 1. The zero-order valence-corrected chi connectivity index (χ0v) is 11.6. The number of furan rings is 1. The molecule has 0 spiro atoms. The van der Waals surface area contributed by atoms with E-state index < -0.39 is 0 Å². The van der Waals surface area contributed by atoms with E-state index in [-0.39, 0.29) is 11.9 Å². The van der Waals surface area contributed by atoms with Crippen molar-refractivity contribution in [2.75, 3.05) is 13.7 Å². The van der Waals surface area contributed by atoms with Crippen LogP contribution in [0.25, 0.3) is 0 Å². The van der Waals surface area contributed by atoms with Crippen LogP contribution in [0.2, 0.25) is 0 Å². The van der Waals surface area contributed by atoms with Crippen molar-refractivity contribution in [3.63, 3.8) is 0 Å². The van der Waals surface area contributed by atoms with Crippen molar-refractivity contribution in [3.8, 4) is 0 Å². The van der Waals surface area contributed by atoms with Gasteiger partial charge in [-0.3, -0.25) is 4.79 Å². The molecule has 0 radical (unpaired) electrons. The topological polar surface area (TPSA) is 60.5 Å². The number of carbonyl (C=O) groups is 1. The molecule has 6 nitrogen and oxygen atoms in total. The van der Waals surface area contributed by atoms with Crippen LogP contribution in [0.4, 0.5) is 0 Å². The molecule has 0 saturated carbocycles. The predicted octanol–water partition coefficient (Wildman–Crippen LogP) is 1.84. The summed E-state index contributed by atoms with van der Waals surface area (Å²) in [6.45, 7) is 3.93. The number of fused-ring (bicyclic) bond motifs is 1. The van der Waals surface area contributed by atoms with Gasteiger partial charge in [-0.2, -0.15) is 0 Å². The molecule has 1 amide bonds. The quantitative estimate of drug-likeness (QED) is 0.857. The number of methoxy groups -OCH3 is 1. The fourth-order valence-electron chi connectivity index (χ4n) is 2.65. The average Bonchev–Trinajstić information content (AvgIpc) is 3.09. The minimum Gasteiger partial charge on any atom is -0.472 e. The molecule has 2 aromatic rings. The third-order valence-corrected chi connectivity index (χ3v) is 3.70. The van der Waals surface area contributed by atoms with Gasteiger partial charge in [-0.15, -0.1) is 0 Å². The first kappa shape index (κ1) is 12.9. The van der Waals surface area contributed by atoms with Crippen molar-refractivity contribution in [1.82, 2.24) is 14.5 Å². The van der Waals surface area contributed by atoms with Crippen LogP contribution < -0.4 is 0 Å². The van der Waals surface area contributed by atoms with E-state index in [9.17, 15) is 4.79 Å². The molecule has 0 aliphatic carbocycles. The summed E-state index contributed by atoms with van der Waals surface area (Å²) in [5, 5.41) is 0. The lowest BCUT2D eigenvalue weighted by Gasteiger charge is -2.34. The first-order chi connectivity index (χ1) is 9.72. The monoisotopic (exact) mass is 275 g/mol.